The van der Waals surface area contributed by atoms with E-state index in [0.29, 0.717) is 17.8 Å². The normalized spacial score (nSPS) is 11.2. The third-order valence-electron chi connectivity index (χ3n) is 4.46. The van der Waals surface area contributed by atoms with Crippen molar-refractivity contribution in [2.75, 3.05) is 17.1 Å². The van der Waals surface area contributed by atoms with Crippen LogP contribution in [0.3, 0.4) is 0 Å². The minimum absolute atomic E-state index is 0.137. The largest absolute Gasteiger partial charge is 0.352 e. The average Bonchev–Trinajstić information content (AvgIpc) is 2.63. The third-order valence-corrected chi connectivity index (χ3v) is 5.60. The van der Waals surface area contributed by atoms with Crippen LogP contribution in [-0.4, -0.2) is 27.1 Å². The molecule has 0 fully saturated rings. The number of hydrogen-bond donors (Lipinski definition) is 1. The van der Waals surface area contributed by atoms with Crippen LogP contribution >= 0.6 is 0 Å². The number of sulfonamides is 1. The lowest BCUT2D eigenvalue weighted by Gasteiger charge is -2.23. The molecule has 0 saturated carbocycles. The van der Waals surface area contributed by atoms with Gasteiger partial charge >= 0.3 is 0 Å². The molecule has 0 atom stereocenters. The Morgan fingerprint density at radius 2 is 1.70 bits per heavy atom. The van der Waals surface area contributed by atoms with E-state index in [9.17, 15) is 13.2 Å². The van der Waals surface area contributed by atoms with Crippen LogP contribution in [0.4, 0.5) is 5.69 Å². The Morgan fingerprint density at radius 1 is 1.04 bits per heavy atom. The number of hydrogen-bond acceptors (Lipinski definition) is 3. The number of nitrogens with one attached hydrogen (secondary N) is 1. The van der Waals surface area contributed by atoms with Crippen LogP contribution in [0.2, 0.25) is 0 Å². The number of benzene rings is 2. The van der Waals surface area contributed by atoms with Gasteiger partial charge in [0.15, 0.2) is 0 Å². The van der Waals surface area contributed by atoms with Crippen LogP contribution in [0.15, 0.2) is 48.5 Å². The highest BCUT2D eigenvalue weighted by molar-refractivity contribution is 7.92. The van der Waals surface area contributed by atoms with Crippen LogP contribution < -0.4 is 9.62 Å². The van der Waals surface area contributed by atoms with E-state index in [1.54, 1.807) is 24.3 Å². The van der Waals surface area contributed by atoms with Crippen LogP contribution in [0.25, 0.3) is 0 Å². The summed E-state index contributed by atoms with van der Waals surface area (Å²) in [4.78, 5) is 12.2. The zero-order valence-corrected chi connectivity index (χ0v) is 17.1. The summed E-state index contributed by atoms with van der Waals surface area (Å²) in [7, 11) is -3.45. The molecule has 1 N–H and O–H groups in total. The fourth-order valence-electron chi connectivity index (χ4n) is 2.80. The third kappa shape index (κ3) is 6.10. The van der Waals surface area contributed by atoms with Crippen molar-refractivity contribution in [2.24, 2.45) is 0 Å². The Hall–Kier alpha value is -2.34. The number of anilines is 1. The summed E-state index contributed by atoms with van der Waals surface area (Å²) in [5, 5.41) is 2.89. The summed E-state index contributed by atoms with van der Waals surface area (Å²) >= 11 is 0. The van der Waals surface area contributed by atoms with Gasteiger partial charge in [-0.05, 0) is 48.7 Å². The second-order valence-corrected chi connectivity index (χ2v) is 8.61. The van der Waals surface area contributed by atoms with E-state index in [-0.39, 0.29) is 12.5 Å². The van der Waals surface area contributed by atoms with Gasteiger partial charge in [0.25, 0.3) is 5.91 Å². The van der Waals surface area contributed by atoms with Gasteiger partial charge in [-0.2, -0.15) is 0 Å². The SMILES string of the molecule is CCCCCNC(=O)c1ccc(N(Cc2ccccc2C)S(C)(=O)=O)cc1. The summed E-state index contributed by atoms with van der Waals surface area (Å²) in [6.07, 6.45) is 4.34. The van der Waals surface area contributed by atoms with Crippen LogP contribution in [0, 0.1) is 6.92 Å². The molecule has 0 aliphatic heterocycles. The highest BCUT2D eigenvalue weighted by Crippen LogP contribution is 2.22. The van der Waals surface area contributed by atoms with Gasteiger partial charge in [-0.15, -0.1) is 0 Å². The molecule has 27 heavy (non-hydrogen) atoms. The molecular weight excluding hydrogens is 360 g/mol. The molecule has 2 aromatic rings. The fourth-order valence-corrected chi connectivity index (χ4v) is 3.68. The van der Waals surface area contributed by atoms with Gasteiger partial charge in [0.1, 0.15) is 0 Å². The molecule has 146 valence electrons. The first kappa shape index (κ1) is 21.0. The van der Waals surface area contributed by atoms with Gasteiger partial charge < -0.3 is 5.32 Å². The zero-order valence-electron chi connectivity index (χ0n) is 16.2. The zero-order chi connectivity index (χ0) is 19.9. The summed E-state index contributed by atoms with van der Waals surface area (Å²) in [5.74, 6) is -0.137. The molecule has 0 bridgehead atoms. The molecule has 0 heterocycles. The summed E-state index contributed by atoms with van der Waals surface area (Å²) in [5.41, 5.74) is 3.05. The predicted octanol–water partition coefficient (Wildman–Crippen LogP) is 3.88. The first-order valence-electron chi connectivity index (χ1n) is 9.23. The van der Waals surface area contributed by atoms with Gasteiger partial charge in [-0.3, -0.25) is 9.10 Å². The van der Waals surface area contributed by atoms with E-state index in [0.717, 1.165) is 30.4 Å². The first-order valence-corrected chi connectivity index (χ1v) is 11.1. The van der Waals surface area contributed by atoms with Crippen LogP contribution in [0.1, 0.15) is 47.7 Å². The first-order chi connectivity index (χ1) is 12.8. The number of amides is 1. The lowest BCUT2D eigenvalue weighted by atomic mass is 10.1. The standard InChI is InChI=1S/C21H28N2O3S/c1-4-5-8-15-22-21(24)18-11-13-20(14-12-18)23(27(3,25)26)16-19-10-7-6-9-17(19)2/h6-7,9-14H,4-5,8,15-16H2,1-3H3,(H,22,24). The van der Waals surface area contributed by atoms with Crippen LogP contribution in [0.5, 0.6) is 0 Å². The number of nitrogens with zero attached hydrogens (tertiary/aromatic N) is 1. The Labute approximate surface area is 162 Å². The van der Waals surface area contributed by atoms with Gasteiger partial charge in [-0.25, -0.2) is 8.42 Å². The molecule has 0 radical (unpaired) electrons. The average molecular weight is 389 g/mol. The van der Waals surface area contributed by atoms with Crippen LogP contribution in [-0.2, 0) is 16.6 Å². The molecule has 0 aliphatic carbocycles. The van der Waals surface area contributed by atoms with E-state index in [2.05, 4.69) is 12.2 Å². The molecule has 0 spiro atoms. The smallest absolute Gasteiger partial charge is 0.251 e. The maximum Gasteiger partial charge on any atom is 0.251 e. The minimum atomic E-state index is -3.45. The highest BCUT2D eigenvalue weighted by Gasteiger charge is 2.19. The van der Waals surface area contributed by atoms with Crippen molar-refractivity contribution in [1.29, 1.82) is 0 Å². The number of aryl methyl sites for hydroxylation is 1. The molecule has 0 saturated heterocycles. The van der Waals surface area contributed by atoms with Crippen molar-refractivity contribution < 1.29 is 13.2 Å². The molecule has 0 aromatic heterocycles. The van der Waals surface area contributed by atoms with Gasteiger partial charge in [0.2, 0.25) is 10.0 Å². The number of unbranched alkanes of at least 4 members (excludes halogenated alkanes) is 2. The second kappa shape index (κ2) is 9.55. The Balaban J connectivity index is 2.15. The van der Waals surface area contributed by atoms with Gasteiger partial charge in [-0.1, -0.05) is 44.0 Å². The van der Waals surface area contributed by atoms with Gasteiger partial charge in [0.05, 0.1) is 18.5 Å². The molecule has 2 rings (SSSR count). The Morgan fingerprint density at radius 3 is 2.30 bits per heavy atom. The van der Waals surface area contributed by atoms with E-state index >= 15 is 0 Å². The van der Waals surface area contributed by atoms with E-state index in [1.165, 1.54) is 10.6 Å². The maximum absolute atomic E-state index is 12.3. The summed E-state index contributed by atoms with van der Waals surface area (Å²) in [6.45, 7) is 4.98. The van der Waals surface area contributed by atoms with Crippen molar-refractivity contribution in [3.8, 4) is 0 Å². The molecule has 2 aromatic carbocycles. The van der Waals surface area contributed by atoms with Crippen molar-refractivity contribution in [3.05, 3.63) is 65.2 Å². The Bertz CT molecular complexity index is 861. The van der Waals surface area contributed by atoms with Crippen molar-refractivity contribution in [2.45, 2.75) is 39.7 Å². The van der Waals surface area contributed by atoms with Crippen molar-refractivity contribution in [1.82, 2.24) is 5.32 Å². The number of carbonyl (C=O) groups excluding carboxylic acids is 1. The number of rotatable bonds is 9. The topological polar surface area (TPSA) is 66.5 Å². The molecule has 0 unspecified atom stereocenters. The molecular formula is C21H28N2O3S. The highest BCUT2D eigenvalue weighted by atomic mass is 32.2. The quantitative estimate of drug-likeness (QED) is 0.663. The van der Waals surface area contributed by atoms with E-state index in [4.69, 9.17) is 0 Å². The predicted molar refractivity (Wildman–Crippen MR) is 111 cm³/mol. The van der Waals surface area contributed by atoms with Crippen molar-refractivity contribution >= 4 is 21.6 Å². The summed E-state index contributed by atoms with van der Waals surface area (Å²) < 4.78 is 26.0. The molecule has 1 amide bonds. The lowest BCUT2D eigenvalue weighted by molar-refractivity contribution is 0.0953. The Kier molecular flexibility index (Phi) is 7.42. The summed E-state index contributed by atoms with van der Waals surface area (Å²) in [6, 6.07) is 14.4. The minimum Gasteiger partial charge on any atom is -0.352 e. The molecule has 0 aliphatic rings. The van der Waals surface area contributed by atoms with Crippen molar-refractivity contribution in [3.63, 3.8) is 0 Å². The van der Waals surface area contributed by atoms with E-state index in [1.807, 2.05) is 31.2 Å². The number of carbonyl (C=O) groups is 1. The lowest BCUT2D eigenvalue weighted by Crippen LogP contribution is -2.30. The van der Waals surface area contributed by atoms with Gasteiger partial charge in [0, 0.05) is 12.1 Å². The van der Waals surface area contributed by atoms with E-state index < -0.39 is 10.0 Å². The molecule has 5 nitrogen and oxygen atoms in total. The fraction of sp³-hybridized carbons (Fsp3) is 0.381. The maximum atomic E-state index is 12.3. The molecule has 6 heteroatoms. The second-order valence-electron chi connectivity index (χ2n) is 6.71. The monoisotopic (exact) mass is 388 g/mol.